The second-order valence-electron chi connectivity index (χ2n) is 11.5. The number of piperidine rings is 1. The minimum atomic E-state index is -0.477. The van der Waals surface area contributed by atoms with Crippen LogP contribution in [-0.4, -0.2) is 44.2 Å². The number of halogens is 1. The van der Waals surface area contributed by atoms with Crippen molar-refractivity contribution in [2.45, 2.75) is 83.8 Å². The number of nitrogens with one attached hydrogen (secondary N) is 1. The van der Waals surface area contributed by atoms with Gasteiger partial charge in [-0.25, -0.2) is 9.78 Å². The first-order valence-electron chi connectivity index (χ1n) is 13.5. The van der Waals surface area contributed by atoms with Crippen molar-refractivity contribution in [2.24, 2.45) is 0 Å². The summed E-state index contributed by atoms with van der Waals surface area (Å²) in [6.45, 7) is 9.03. The number of aryl methyl sites for hydroxylation is 1. The molecule has 1 amide bonds. The maximum atomic E-state index is 13.1. The van der Waals surface area contributed by atoms with E-state index in [4.69, 9.17) is 9.72 Å². The molecule has 3 aromatic rings. The van der Waals surface area contributed by atoms with Crippen LogP contribution in [0.2, 0.25) is 0 Å². The molecule has 0 spiro atoms. The molecule has 1 aromatic carbocycles. The van der Waals surface area contributed by atoms with Gasteiger partial charge in [-0.2, -0.15) is 4.98 Å². The second kappa shape index (κ2) is 10.7. The summed E-state index contributed by atoms with van der Waals surface area (Å²) in [6, 6.07) is 10.4. The minimum Gasteiger partial charge on any atom is -0.444 e. The molecule has 2 aromatic heterocycles. The third kappa shape index (κ3) is 5.72. The lowest BCUT2D eigenvalue weighted by molar-refractivity contribution is 0.0205. The number of nitrogens with zero attached hydrogens (tertiary/aromatic N) is 4. The quantitative estimate of drug-likeness (QED) is 0.363. The lowest BCUT2D eigenvalue weighted by Crippen LogP contribution is -2.41. The number of carbonyl (C=O) groups is 1. The maximum absolute atomic E-state index is 13.1. The van der Waals surface area contributed by atoms with Gasteiger partial charge in [0.1, 0.15) is 11.2 Å². The van der Waals surface area contributed by atoms with E-state index in [1.165, 1.54) is 5.56 Å². The summed E-state index contributed by atoms with van der Waals surface area (Å²) in [4.78, 5) is 36.7. The predicted molar refractivity (Wildman–Crippen MR) is 153 cm³/mol. The number of amides is 1. The topological polar surface area (TPSA) is 89.4 Å². The van der Waals surface area contributed by atoms with Crippen LogP contribution in [0, 0.1) is 6.92 Å². The van der Waals surface area contributed by atoms with Crippen LogP contribution >= 0.6 is 15.9 Å². The molecule has 3 heterocycles. The number of fused-ring (bicyclic) bond motifs is 1. The monoisotopic (exact) mass is 581 g/mol. The summed E-state index contributed by atoms with van der Waals surface area (Å²) in [5.74, 6) is 0.892. The Hall–Kier alpha value is -2.94. The lowest BCUT2D eigenvalue weighted by Gasteiger charge is -2.33. The first-order chi connectivity index (χ1) is 18.1. The fourth-order valence-corrected chi connectivity index (χ4v) is 5.99. The number of rotatable bonds is 4. The molecule has 0 unspecified atom stereocenters. The molecule has 2 fully saturated rings. The molecular formula is C29H36BrN5O3. The molecular weight excluding hydrogens is 546 g/mol. The Kier molecular flexibility index (Phi) is 7.49. The van der Waals surface area contributed by atoms with Gasteiger partial charge >= 0.3 is 6.09 Å². The van der Waals surface area contributed by atoms with E-state index >= 15 is 0 Å². The average molecular weight is 583 g/mol. The van der Waals surface area contributed by atoms with Crippen molar-refractivity contribution in [3.8, 4) is 0 Å². The summed E-state index contributed by atoms with van der Waals surface area (Å²) in [5, 5.41) is 4.23. The number of pyridine rings is 1. The fourth-order valence-electron chi connectivity index (χ4n) is 5.57. The lowest BCUT2D eigenvalue weighted by atomic mass is 9.89. The van der Waals surface area contributed by atoms with E-state index in [9.17, 15) is 9.59 Å². The van der Waals surface area contributed by atoms with Crippen molar-refractivity contribution < 1.29 is 9.53 Å². The molecule has 1 N–H and O–H groups in total. The summed E-state index contributed by atoms with van der Waals surface area (Å²) in [5.41, 5.74) is 3.16. The Morgan fingerprint density at radius 3 is 2.34 bits per heavy atom. The number of ether oxygens (including phenoxy) is 1. The predicted octanol–water partition coefficient (Wildman–Crippen LogP) is 6.84. The highest BCUT2D eigenvalue weighted by Gasteiger charge is 2.27. The highest BCUT2D eigenvalue weighted by atomic mass is 79.9. The van der Waals surface area contributed by atoms with Gasteiger partial charge in [-0.05, 0) is 99.0 Å². The van der Waals surface area contributed by atoms with E-state index in [1.54, 1.807) is 4.90 Å². The molecule has 9 heteroatoms. The molecule has 2 aliphatic rings. The van der Waals surface area contributed by atoms with Gasteiger partial charge in [0.25, 0.3) is 5.56 Å². The van der Waals surface area contributed by atoms with Crippen molar-refractivity contribution in [1.82, 2.24) is 19.4 Å². The Bertz CT molecular complexity index is 1380. The standard InChI is InChI=1S/C29H36BrN5O3/c1-18-23-17-24(30)26(36)35(22-7-5-6-8-22)25(23)33-27(31-18)32-21-11-9-19(10-12-21)20-13-15-34(16-14-20)28(37)38-29(2,3)4/h9-12,17,20,22H,5-8,13-16H2,1-4H3,(H,31,32,33). The molecule has 0 atom stereocenters. The average Bonchev–Trinajstić information content (AvgIpc) is 3.39. The fraction of sp³-hybridized carbons (Fsp3) is 0.517. The summed E-state index contributed by atoms with van der Waals surface area (Å²) < 4.78 is 7.93. The molecule has 8 nitrogen and oxygen atoms in total. The Balaban J connectivity index is 1.31. The van der Waals surface area contributed by atoms with Crippen LogP contribution in [0.5, 0.6) is 0 Å². The molecule has 1 aliphatic carbocycles. The molecule has 1 saturated carbocycles. The van der Waals surface area contributed by atoms with Crippen LogP contribution in [0.1, 0.15) is 82.5 Å². The summed E-state index contributed by atoms with van der Waals surface area (Å²) >= 11 is 3.45. The maximum Gasteiger partial charge on any atom is 0.410 e. The zero-order valence-corrected chi connectivity index (χ0v) is 24.2. The van der Waals surface area contributed by atoms with Gasteiger partial charge in [-0.1, -0.05) is 25.0 Å². The number of hydrogen-bond donors (Lipinski definition) is 1. The van der Waals surface area contributed by atoms with Crippen molar-refractivity contribution in [3.63, 3.8) is 0 Å². The number of benzene rings is 1. The first-order valence-corrected chi connectivity index (χ1v) is 14.3. The van der Waals surface area contributed by atoms with Crippen molar-refractivity contribution in [1.29, 1.82) is 0 Å². The third-order valence-electron chi connectivity index (χ3n) is 7.51. The van der Waals surface area contributed by atoms with E-state index in [-0.39, 0.29) is 17.7 Å². The largest absolute Gasteiger partial charge is 0.444 e. The van der Waals surface area contributed by atoms with Crippen LogP contribution in [0.4, 0.5) is 16.4 Å². The highest BCUT2D eigenvalue weighted by Crippen LogP contribution is 2.33. The molecule has 5 rings (SSSR count). The number of carbonyl (C=O) groups excluding carboxylic acids is 1. The van der Waals surface area contributed by atoms with Crippen LogP contribution in [0.3, 0.4) is 0 Å². The van der Waals surface area contributed by atoms with Gasteiger partial charge in [0.05, 0.1) is 10.2 Å². The van der Waals surface area contributed by atoms with E-state index < -0.39 is 5.60 Å². The number of aromatic nitrogens is 3. The van der Waals surface area contributed by atoms with Crippen LogP contribution in [0.25, 0.3) is 11.0 Å². The zero-order chi connectivity index (χ0) is 27.0. The molecule has 38 heavy (non-hydrogen) atoms. The molecule has 0 radical (unpaired) electrons. The molecule has 202 valence electrons. The van der Waals surface area contributed by atoms with Crippen molar-refractivity contribution in [2.75, 3.05) is 18.4 Å². The van der Waals surface area contributed by atoms with Gasteiger partial charge in [0.2, 0.25) is 5.95 Å². The van der Waals surface area contributed by atoms with Crippen LogP contribution < -0.4 is 10.9 Å². The minimum absolute atomic E-state index is 0.0319. The van der Waals surface area contributed by atoms with E-state index in [0.717, 1.165) is 55.3 Å². The van der Waals surface area contributed by atoms with Gasteiger partial charge in [0.15, 0.2) is 0 Å². The number of hydrogen-bond acceptors (Lipinski definition) is 6. The molecule has 1 aliphatic heterocycles. The molecule has 0 bridgehead atoms. The Morgan fingerprint density at radius 1 is 1.05 bits per heavy atom. The summed E-state index contributed by atoms with van der Waals surface area (Å²) in [7, 11) is 0. The van der Waals surface area contributed by atoms with Gasteiger partial charge in [-0.15, -0.1) is 0 Å². The van der Waals surface area contributed by atoms with Crippen LogP contribution in [0.15, 0.2) is 39.6 Å². The summed E-state index contributed by atoms with van der Waals surface area (Å²) in [6.07, 6.45) is 5.84. The first kappa shape index (κ1) is 26.7. The molecule has 1 saturated heterocycles. The van der Waals surface area contributed by atoms with Gasteiger partial charge in [0, 0.05) is 30.2 Å². The van der Waals surface area contributed by atoms with Crippen molar-refractivity contribution >= 4 is 44.7 Å². The third-order valence-corrected chi connectivity index (χ3v) is 8.08. The number of likely N-dealkylation sites (tertiary alicyclic amines) is 1. The second-order valence-corrected chi connectivity index (χ2v) is 12.3. The highest BCUT2D eigenvalue weighted by molar-refractivity contribution is 9.10. The van der Waals surface area contributed by atoms with Gasteiger partial charge < -0.3 is 15.0 Å². The van der Waals surface area contributed by atoms with Crippen LogP contribution in [-0.2, 0) is 4.74 Å². The van der Waals surface area contributed by atoms with E-state index in [0.29, 0.717) is 35.1 Å². The Morgan fingerprint density at radius 2 is 1.71 bits per heavy atom. The van der Waals surface area contributed by atoms with Crippen molar-refractivity contribution in [3.05, 3.63) is 56.4 Å². The number of anilines is 2. The van der Waals surface area contributed by atoms with E-state index in [1.807, 2.05) is 50.5 Å². The van der Waals surface area contributed by atoms with Gasteiger partial charge in [-0.3, -0.25) is 9.36 Å². The van der Waals surface area contributed by atoms with E-state index in [2.05, 4.69) is 38.4 Å². The zero-order valence-electron chi connectivity index (χ0n) is 22.6. The normalized spacial score (nSPS) is 17.2. The smallest absolute Gasteiger partial charge is 0.410 e. The Labute approximate surface area is 231 Å². The SMILES string of the molecule is Cc1nc(Nc2ccc(C3CCN(C(=O)OC(C)(C)C)CC3)cc2)nc2c1cc(Br)c(=O)n2C1CCCC1.